The van der Waals surface area contributed by atoms with E-state index in [4.69, 9.17) is 5.73 Å². The number of benzene rings is 1. The summed E-state index contributed by atoms with van der Waals surface area (Å²) in [6, 6.07) is 6.84. The van der Waals surface area contributed by atoms with Crippen LogP contribution in [0.15, 0.2) is 23.1 Å². The monoisotopic (exact) mass is 193 g/mol. The summed E-state index contributed by atoms with van der Waals surface area (Å²) in [6.45, 7) is 0.766. The SMILES string of the molecule is NCCSc1ccc2c(c1)CCC2. The van der Waals surface area contributed by atoms with Gasteiger partial charge in [-0.2, -0.15) is 0 Å². The number of rotatable bonds is 3. The van der Waals surface area contributed by atoms with Crippen LogP contribution in [-0.4, -0.2) is 12.3 Å². The van der Waals surface area contributed by atoms with Gasteiger partial charge in [-0.15, -0.1) is 11.8 Å². The molecule has 1 aliphatic carbocycles. The van der Waals surface area contributed by atoms with Crippen LogP contribution < -0.4 is 5.73 Å². The molecular weight excluding hydrogens is 178 g/mol. The van der Waals surface area contributed by atoms with Crippen LogP contribution in [0.3, 0.4) is 0 Å². The first-order chi connectivity index (χ1) is 6.40. The topological polar surface area (TPSA) is 26.0 Å². The molecule has 0 aromatic heterocycles. The number of fused-ring (bicyclic) bond motifs is 1. The molecule has 0 radical (unpaired) electrons. The van der Waals surface area contributed by atoms with E-state index in [1.165, 1.54) is 24.2 Å². The van der Waals surface area contributed by atoms with Gasteiger partial charge in [0.15, 0.2) is 0 Å². The van der Waals surface area contributed by atoms with E-state index in [0.29, 0.717) is 0 Å². The number of hydrogen-bond acceptors (Lipinski definition) is 2. The van der Waals surface area contributed by atoms with Gasteiger partial charge in [0, 0.05) is 17.2 Å². The van der Waals surface area contributed by atoms with Crippen molar-refractivity contribution < 1.29 is 0 Å². The highest BCUT2D eigenvalue weighted by molar-refractivity contribution is 7.99. The van der Waals surface area contributed by atoms with E-state index >= 15 is 0 Å². The van der Waals surface area contributed by atoms with Crippen molar-refractivity contribution in [1.29, 1.82) is 0 Å². The summed E-state index contributed by atoms with van der Waals surface area (Å²) in [5.41, 5.74) is 8.58. The van der Waals surface area contributed by atoms with Gasteiger partial charge in [0.1, 0.15) is 0 Å². The quantitative estimate of drug-likeness (QED) is 0.745. The summed E-state index contributed by atoms with van der Waals surface area (Å²) in [5, 5.41) is 0. The number of aryl methyl sites for hydroxylation is 2. The van der Waals surface area contributed by atoms with Crippen LogP contribution in [0.1, 0.15) is 17.5 Å². The van der Waals surface area contributed by atoms with Crippen LogP contribution in [0.4, 0.5) is 0 Å². The molecule has 1 aliphatic rings. The molecule has 2 N–H and O–H groups in total. The average molecular weight is 193 g/mol. The molecule has 0 bridgehead atoms. The van der Waals surface area contributed by atoms with Gasteiger partial charge >= 0.3 is 0 Å². The maximum atomic E-state index is 5.47. The van der Waals surface area contributed by atoms with E-state index in [1.54, 1.807) is 11.1 Å². The smallest absolute Gasteiger partial charge is 0.0103 e. The van der Waals surface area contributed by atoms with Crippen molar-refractivity contribution in [2.45, 2.75) is 24.2 Å². The third kappa shape index (κ3) is 2.06. The highest BCUT2D eigenvalue weighted by Crippen LogP contribution is 2.27. The fourth-order valence-corrected chi connectivity index (χ4v) is 2.56. The molecule has 0 amide bonds. The van der Waals surface area contributed by atoms with Crippen LogP contribution in [-0.2, 0) is 12.8 Å². The molecule has 1 aromatic rings. The van der Waals surface area contributed by atoms with Gasteiger partial charge in [-0.25, -0.2) is 0 Å². The molecule has 2 rings (SSSR count). The molecule has 13 heavy (non-hydrogen) atoms. The Kier molecular flexibility index (Phi) is 2.91. The zero-order valence-electron chi connectivity index (χ0n) is 7.75. The third-order valence-electron chi connectivity index (χ3n) is 2.46. The highest BCUT2D eigenvalue weighted by atomic mass is 32.2. The largest absolute Gasteiger partial charge is 0.330 e. The maximum Gasteiger partial charge on any atom is 0.0103 e. The van der Waals surface area contributed by atoms with Crippen molar-refractivity contribution in [3.8, 4) is 0 Å². The standard InChI is InChI=1S/C11H15NS/c12-6-7-13-11-5-4-9-2-1-3-10(9)8-11/h4-5,8H,1-3,6-7,12H2. The number of thioether (sulfide) groups is 1. The molecule has 0 saturated carbocycles. The van der Waals surface area contributed by atoms with Crippen LogP contribution in [0.2, 0.25) is 0 Å². The third-order valence-corrected chi connectivity index (χ3v) is 3.48. The Balaban J connectivity index is 2.12. The van der Waals surface area contributed by atoms with Gasteiger partial charge in [0.2, 0.25) is 0 Å². The van der Waals surface area contributed by atoms with Gasteiger partial charge in [-0.05, 0) is 42.5 Å². The summed E-state index contributed by atoms with van der Waals surface area (Å²) < 4.78 is 0. The van der Waals surface area contributed by atoms with Crippen LogP contribution >= 0.6 is 11.8 Å². The minimum atomic E-state index is 0.766. The van der Waals surface area contributed by atoms with Crippen molar-refractivity contribution in [3.05, 3.63) is 29.3 Å². The van der Waals surface area contributed by atoms with E-state index < -0.39 is 0 Å². The molecule has 0 aliphatic heterocycles. The lowest BCUT2D eigenvalue weighted by Crippen LogP contribution is -2.00. The first-order valence-corrected chi connectivity index (χ1v) is 5.83. The van der Waals surface area contributed by atoms with Crippen LogP contribution in [0, 0.1) is 0 Å². The van der Waals surface area contributed by atoms with Crippen molar-refractivity contribution >= 4 is 11.8 Å². The van der Waals surface area contributed by atoms with E-state index in [-0.39, 0.29) is 0 Å². The molecule has 1 aromatic carbocycles. The molecule has 0 saturated heterocycles. The molecule has 0 unspecified atom stereocenters. The van der Waals surface area contributed by atoms with Crippen molar-refractivity contribution in [2.24, 2.45) is 5.73 Å². The normalized spacial score (nSPS) is 14.5. The minimum absolute atomic E-state index is 0.766. The molecule has 1 nitrogen and oxygen atoms in total. The molecule has 2 heteroatoms. The van der Waals surface area contributed by atoms with Crippen molar-refractivity contribution in [1.82, 2.24) is 0 Å². The second-order valence-electron chi connectivity index (χ2n) is 3.42. The van der Waals surface area contributed by atoms with Gasteiger partial charge in [0.25, 0.3) is 0 Å². The summed E-state index contributed by atoms with van der Waals surface area (Å²) >= 11 is 1.86. The Bertz CT molecular complexity index is 296. The van der Waals surface area contributed by atoms with Crippen molar-refractivity contribution in [3.63, 3.8) is 0 Å². The van der Waals surface area contributed by atoms with Gasteiger partial charge < -0.3 is 5.73 Å². The lowest BCUT2D eigenvalue weighted by Gasteiger charge is -2.03. The number of nitrogens with two attached hydrogens (primary N) is 1. The van der Waals surface area contributed by atoms with Crippen LogP contribution in [0.25, 0.3) is 0 Å². The predicted molar refractivity (Wildman–Crippen MR) is 58.2 cm³/mol. The van der Waals surface area contributed by atoms with E-state index in [0.717, 1.165) is 12.3 Å². The summed E-state index contributed by atoms with van der Waals surface area (Å²) in [5.74, 6) is 1.03. The van der Waals surface area contributed by atoms with Gasteiger partial charge in [-0.1, -0.05) is 6.07 Å². The lowest BCUT2D eigenvalue weighted by atomic mass is 10.1. The van der Waals surface area contributed by atoms with Crippen molar-refractivity contribution in [2.75, 3.05) is 12.3 Å². The molecule has 0 fully saturated rings. The van der Waals surface area contributed by atoms with Crippen LogP contribution in [0.5, 0.6) is 0 Å². The average Bonchev–Trinajstić information content (AvgIpc) is 2.61. The Morgan fingerprint density at radius 3 is 2.92 bits per heavy atom. The predicted octanol–water partition coefficient (Wildman–Crippen LogP) is 2.23. The van der Waals surface area contributed by atoms with E-state index in [1.807, 2.05) is 11.8 Å². The lowest BCUT2D eigenvalue weighted by molar-refractivity contribution is 0.911. The van der Waals surface area contributed by atoms with E-state index in [9.17, 15) is 0 Å². The summed E-state index contributed by atoms with van der Waals surface area (Å²) in [4.78, 5) is 1.38. The molecule has 0 atom stereocenters. The zero-order chi connectivity index (χ0) is 9.10. The Morgan fingerprint density at radius 1 is 1.23 bits per heavy atom. The summed E-state index contributed by atoms with van der Waals surface area (Å²) in [6.07, 6.45) is 3.88. The Hall–Kier alpha value is -0.470. The second kappa shape index (κ2) is 4.16. The second-order valence-corrected chi connectivity index (χ2v) is 4.59. The van der Waals surface area contributed by atoms with E-state index in [2.05, 4.69) is 18.2 Å². The maximum absolute atomic E-state index is 5.47. The molecule has 0 heterocycles. The molecule has 0 spiro atoms. The molecular formula is C11H15NS. The van der Waals surface area contributed by atoms with Gasteiger partial charge in [-0.3, -0.25) is 0 Å². The zero-order valence-corrected chi connectivity index (χ0v) is 8.57. The minimum Gasteiger partial charge on any atom is -0.330 e. The number of hydrogen-bond donors (Lipinski definition) is 1. The highest BCUT2D eigenvalue weighted by Gasteiger charge is 2.10. The summed E-state index contributed by atoms with van der Waals surface area (Å²) in [7, 11) is 0. The fourth-order valence-electron chi connectivity index (χ4n) is 1.81. The molecule has 70 valence electrons. The Labute approximate surface area is 83.7 Å². The first kappa shape index (κ1) is 9.10. The first-order valence-electron chi connectivity index (χ1n) is 4.85. The fraction of sp³-hybridized carbons (Fsp3) is 0.455. The Morgan fingerprint density at radius 2 is 2.08 bits per heavy atom. The van der Waals surface area contributed by atoms with Gasteiger partial charge in [0.05, 0.1) is 0 Å².